The van der Waals surface area contributed by atoms with Crippen molar-refractivity contribution in [3.63, 3.8) is 0 Å². The number of hydrogen-bond donors (Lipinski definition) is 3. The molecule has 0 spiro atoms. The molecule has 0 aromatic heterocycles. The fourth-order valence-electron chi connectivity index (χ4n) is 9.37. The summed E-state index contributed by atoms with van der Waals surface area (Å²) in [7, 11) is 0. The molecule has 0 saturated carbocycles. The Bertz CT molecular complexity index is 871. The van der Waals surface area contributed by atoms with Crippen molar-refractivity contribution in [1.82, 2.24) is 4.90 Å². The van der Waals surface area contributed by atoms with Gasteiger partial charge in [0.25, 0.3) is 0 Å². The first kappa shape index (κ1) is 53.9. The quantitative estimate of drug-likeness (QED) is 0.0543. The normalized spacial score (nSPS) is 15.9. The van der Waals surface area contributed by atoms with Gasteiger partial charge < -0.3 is 20.2 Å². The van der Waals surface area contributed by atoms with Crippen LogP contribution in [0.15, 0.2) is 0 Å². The zero-order chi connectivity index (χ0) is 41.8. The summed E-state index contributed by atoms with van der Waals surface area (Å²) < 4.78 is 0. The van der Waals surface area contributed by atoms with Gasteiger partial charge in [-0.1, -0.05) is 159 Å². The number of carboxylic acids is 2. The van der Waals surface area contributed by atoms with Gasteiger partial charge in [0.2, 0.25) is 0 Å². The average molecular weight is 780 g/mol. The van der Waals surface area contributed by atoms with Crippen LogP contribution in [0.3, 0.4) is 0 Å². The van der Waals surface area contributed by atoms with Crippen LogP contribution in [-0.4, -0.2) is 57.4 Å². The molecule has 0 aromatic carbocycles. The van der Waals surface area contributed by atoms with E-state index in [4.69, 9.17) is 0 Å². The van der Waals surface area contributed by atoms with Gasteiger partial charge in [0.05, 0.1) is 17.4 Å². The summed E-state index contributed by atoms with van der Waals surface area (Å²) in [5.74, 6) is -0.353. The largest absolute Gasteiger partial charge is 0.481 e. The van der Waals surface area contributed by atoms with Crippen LogP contribution >= 0.6 is 0 Å². The number of nitrogens with zero attached hydrogens (tertiary/aromatic N) is 1. The Morgan fingerprint density at radius 1 is 0.473 bits per heavy atom. The Hall–Kier alpha value is -1.14. The average Bonchev–Trinajstić information content (AvgIpc) is 3.06. The van der Waals surface area contributed by atoms with Gasteiger partial charge in [-0.25, -0.2) is 0 Å². The molecule has 0 fully saturated rings. The summed E-state index contributed by atoms with van der Waals surface area (Å²) >= 11 is 0. The molecule has 0 aromatic rings. The van der Waals surface area contributed by atoms with Gasteiger partial charge in [0.1, 0.15) is 0 Å². The van der Waals surface area contributed by atoms with E-state index in [2.05, 4.69) is 74.1 Å². The predicted molar refractivity (Wildman–Crippen MR) is 237 cm³/mol. The minimum atomic E-state index is -0.637. The highest BCUT2D eigenvalue weighted by molar-refractivity contribution is 5.70. The van der Waals surface area contributed by atoms with Crippen LogP contribution in [0.5, 0.6) is 0 Å². The lowest BCUT2D eigenvalue weighted by Gasteiger charge is -2.29. The number of carbonyl (C=O) groups is 2. The van der Waals surface area contributed by atoms with Crippen molar-refractivity contribution >= 4 is 11.9 Å². The molecule has 0 saturated heterocycles. The minimum absolute atomic E-state index is 0.229. The van der Waals surface area contributed by atoms with Crippen molar-refractivity contribution in [1.29, 1.82) is 0 Å². The van der Waals surface area contributed by atoms with E-state index in [1.165, 1.54) is 38.5 Å². The lowest BCUT2D eigenvalue weighted by molar-refractivity contribution is -0.143. The SMILES string of the molecule is CCCN(CCC)CCCCC(O)(CCCCCCC(CCCCC(C)CC(C)(C)C)C(=O)O)CCCCCCC(CCCCC(C)CC(C)(C)C)C(=O)O. The van der Waals surface area contributed by atoms with Crippen molar-refractivity contribution in [2.45, 2.75) is 248 Å². The Morgan fingerprint density at radius 3 is 1.11 bits per heavy atom. The molecule has 0 aliphatic carbocycles. The Kier molecular flexibility index (Phi) is 30.2. The second-order valence-electron chi connectivity index (χ2n) is 20.8. The zero-order valence-corrected chi connectivity index (χ0v) is 38.6. The minimum Gasteiger partial charge on any atom is -0.481 e. The topological polar surface area (TPSA) is 98.1 Å². The van der Waals surface area contributed by atoms with Crippen molar-refractivity contribution < 1.29 is 24.9 Å². The summed E-state index contributed by atoms with van der Waals surface area (Å²) in [6, 6.07) is 0. The van der Waals surface area contributed by atoms with Crippen LogP contribution in [0.1, 0.15) is 243 Å². The lowest BCUT2D eigenvalue weighted by Crippen LogP contribution is -2.30. The fraction of sp³-hybridized carbons (Fsp3) is 0.959. The van der Waals surface area contributed by atoms with Gasteiger partial charge in [0.15, 0.2) is 0 Å². The first-order chi connectivity index (χ1) is 25.8. The van der Waals surface area contributed by atoms with Gasteiger partial charge in [-0.2, -0.15) is 0 Å². The van der Waals surface area contributed by atoms with Crippen LogP contribution in [0.2, 0.25) is 0 Å². The molecule has 4 atom stereocenters. The van der Waals surface area contributed by atoms with Crippen molar-refractivity contribution in [2.75, 3.05) is 19.6 Å². The molecule has 0 heterocycles. The molecular weight excluding hydrogens is 683 g/mol. The zero-order valence-electron chi connectivity index (χ0n) is 38.6. The molecule has 0 radical (unpaired) electrons. The van der Waals surface area contributed by atoms with Crippen LogP contribution in [0.4, 0.5) is 0 Å². The van der Waals surface area contributed by atoms with Crippen molar-refractivity contribution in [3.8, 4) is 0 Å². The van der Waals surface area contributed by atoms with Crippen molar-refractivity contribution in [3.05, 3.63) is 0 Å². The maximum absolute atomic E-state index is 12.0. The maximum Gasteiger partial charge on any atom is 0.306 e. The van der Waals surface area contributed by atoms with Crippen LogP contribution in [0, 0.1) is 34.5 Å². The number of aliphatic hydroxyl groups is 1. The lowest BCUT2D eigenvalue weighted by atomic mass is 9.83. The van der Waals surface area contributed by atoms with E-state index in [0.29, 0.717) is 22.7 Å². The second-order valence-corrected chi connectivity index (χ2v) is 20.8. The molecule has 55 heavy (non-hydrogen) atoms. The van der Waals surface area contributed by atoms with Crippen LogP contribution in [-0.2, 0) is 9.59 Å². The molecule has 3 N–H and O–H groups in total. The van der Waals surface area contributed by atoms with Crippen LogP contribution in [0.25, 0.3) is 0 Å². The second kappa shape index (κ2) is 30.9. The van der Waals surface area contributed by atoms with Gasteiger partial charge >= 0.3 is 11.9 Å². The molecule has 6 heteroatoms. The number of aliphatic carboxylic acids is 2. The van der Waals surface area contributed by atoms with Gasteiger partial charge in [-0.3, -0.25) is 9.59 Å². The predicted octanol–water partition coefficient (Wildman–Crippen LogP) is 14.4. The van der Waals surface area contributed by atoms with E-state index in [0.717, 1.165) is 154 Å². The summed E-state index contributed by atoms with van der Waals surface area (Å²) in [5, 5.41) is 31.6. The summed E-state index contributed by atoms with van der Waals surface area (Å²) in [6.45, 7) is 26.3. The molecule has 0 aliphatic rings. The maximum atomic E-state index is 12.0. The van der Waals surface area contributed by atoms with Crippen LogP contribution < -0.4 is 0 Å². The number of rotatable bonds is 37. The summed E-state index contributed by atoms with van der Waals surface area (Å²) in [6.07, 6.45) is 27.3. The third kappa shape index (κ3) is 32.5. The smallest absolute Gasteiger partial charge is 0.306 e. The van der Waals surface area contributed by atoms with Gasteiger partial charge in [0, 0.05) is 0 Å². The van der Waals surface area contributed by atoms with Gasteiger partial charge in [-0.05, 0) is 126 Å². The molecule has 0 amide bonds. The first-order valence-electron chi connectivity index (χ1n) is 23.7. The van der Waals surface area contributed by atoms with E-state index < -0.39 is 17.5 Å². The highest BCUT2D eigenvalue weighted by atomic mass is 16.4. The highest BCUT2D eigenvalue weighted by Crippen LogP contribution is 2.31. The summed E-state index contributed by atoms with van der Waals surface area (Å²) in [4.78, 5) is 26.5. The Balaban J connectivity index is 4.78. The van der Waals surface area contributed by atoms with E-state index in [1.54, 1.807) is 0 Å². The van der Waals surface area contributed by atoms with E-state index in [-0.39, 0.29) is 11.8 Å². The molecule has 328 valence electrons. The molecule has 0 aliphatic heterocycles. The van der Waals surface area contributed by atoms with Gasteiger partial charge in [-0.15, -0.1) is 0 Å². The van der Waals surface area contributed by atoms with E-state index >= 15 is 0 Å². The molecule has 0 bridgehead atoms. The fourth-order valence-corrected chi connectivity index (χ4v) is 9.37. The molecular formula is C49H97NO5. The Morgan fingerprint density at radius 2 is 0.782 bits per heavy atom. The third-order valence-electron chi connectivity index (χ3n) is 12.0. The number of hydrogen-bond acceptors (Lipinski definition) is 4. The van der Waals surface area contributed by atoms with E-state index in [9.17, 15) is 24.9 Å². The molecule has 0 rings (SSSR count). The van der Waals surface area contributed by atoms with Crippen molar-refractivity contribution in [2.24, 2.45) is 34.5 Å². The monoisotopic (exact) mass is 780 g/mol. The molecule has 6 nitrogen and oxygen atoms in total. The number of unbranched alkanes of at least 4 members (excludes halogenated alkanes) is 9. The first-order valence-corrected chi connectivity index (χ1v) is 23.7. The highest BCUT2D eigenvalue weighted by Gasteiger charge is 2.26. The number of carboxylic acid groups (broad SMARTS) is 2. The standard InChI is InChI=1S/C49H97NO5/c1-11-36-50(37-12-2)38-26-25-35-49(55,33-23-15-13-17-29-43(45(51)52)31-21-19-27-41(3)39-47(5,6)7)34-24-16-14-18-30-44(46(53)54)32-22-20-28-42(4)40-48(8,9)10/h41-44,55H,11-40H2,1-10H3,(H,51,52)(H,53,54). The van der Waals surface area contributed by atoms with E-state index in [1.807, 2.05) is 0 Å². The molecule has 4 unspecified atom stereocenters. The Labute approximate surface area is 343 Å². The third-order valence-corrected chi connectivity index (χ3v) is 12.0. The summed E-state index contributed by atoms with van der Waals surface area (Å²) in [5.41, 5.74) is 0.0621.